The summed E-state index contributed by atoms with van der Waals surface area (Å²) in [5, 5.41) is 6.75. The average molecular weight is 300 g/mol. The minimum Gasteiger partial charge on any atom is -0.309 e. The van der Waals surface area contributed by atoms with Gasteiger partial charge in [0.25, 0.3) is 0 Å². The second kappa shape index (κ2) is 5.83. The first-order chi connectivity index (χ1) is 9.32. The number of piperidine rings is 1. The first-order valence-electron chi connectivity index (χ1n) is 6.99. The second-order valence-corrected chi connectivity index (χ2v) is 7.75. The maximum Gasteiger partial charge on any atom is 0.246 e. The van der Waals surface area contributed by atoms with Gasteiger partial charge in [-0.3, -0.25) is 5.10 Å². The number of aryl methyl sites for hydroxylation is 2. The van der Waals surface area contributed by atoms with E-state index < -0.39 is 10.0 Å². The molecule has 1 aliphatic heterocycles. The number of hydrogen-bond donors (Lipinski definition) is 1. The minimum absolute atomic E-state index is 0.351. The SMILES string of the molecule is Cc1n[nH]c(C)c1S(=O)(=O)N1CCC(CN(C)C)CC1. The molecule has 2 heterocycles. The van der Waals surface area contributed by atoms with Crippen molar-refractivity contribution >= 4 is 10.0 Å². The molecule has 7 heteroatoms. The zero-order valence-electron chi connectivity index (χ0n) is 12.7. The summed E-state index contributed by atoms with van der Waals surface area (Å²) in [6.45, 7) is 5.72. The molecule has 1 fully saturated rings. The van der Waals surface area contributed by atoms with Crippen LogP contribution in [0.2, 0.25) is 0 Å². The third-order valence-electron chi connectivity index (χ3n) is 3.86. The lowest BCUT2D eigenvalue weighted by atomic mass is 9.98. The molecule has 6 nitrogen and oxygen atoms in total. The average Bonchev–Trinajstić information content (AvgIpc) is 2.69. The quantitative estimate of drug-likeness (QED) is 0.900. The Morgan fingerprint density at radius 2 is 1.90 bits per heavy atom. The van der Waals surface area contributed by atoms with Crippen molar-refractivity contribution in [2.24, 2.45) is 5.92 Å². The van der Waals surface area contributed by atoms with Crippen LogP contribution < -0.4 is 0 Å². The Morgan fingerprint density at radius 1 is 1.30 bits per heavy atom. The van der Waals surface area contributed by atoms with Crippen molar-refractivity contribution in [3.63, 3.8) is 0 Å². The fourth-order valence-corrected chi connectivity index (χ4v) is 4.70. The predicted octanol–water partition coefficient (Wildman–Crippen LogP) is 0.989. The van der Waals surface area contributed by atoms with E-state index >= 15 is 0 Å². The normalized spacial score (nSPS) is 18.9. The van der Waals surface area contributed by atoms with Crippen molar-refractivity contribution in [1.29, 1.82) is 0 Å². The van der Waals surface area contributed by atoms with Gasteiger partial charge in [-0.25, -0.2) is 8.42 Å². The van der Waals surface area contributed by atoms with Crippen molar-refractivity contribution in [3.8, 4) is 0 Å². The Kier molecular flexibility index (Phi) is 4.51. The highest BCUT2D eigenvalue weighted by Gasteiger charge is 2.32. The van der Waals surface area contributed by atoms with Crippen LogP contribution in [0.3, 0.4) is 0 Å². The van der Waals surface area contributed by atoms with Crippen LogP contribution in [0.5, 0.6) is 0 Å². The van der Waals surface area contributed by atoms with Gasteiger partial charge in [0.05, 0.1) is 11.4 Å². The van der Waals surface area contributed by atoms with Crippen LogP contribution in [0.25, 0.3) is 0 Å². The van der Waals surface area contributed by atoms with Crippen molar-refractivity contribution in [2.45, 2.75) is 31.6 Å². The molecule has 1 aliphatic rings. The molecule has 1 aromatic heterocycles. The highest BCUT2D eigenvalue weighted by Crippen LogP contribution is 2.26. The van der Waals surface area contributed by atoms with Gasteiger partial charge in [-0.2, -0.15) is 9.40 Å². The molecule has 0 saturated carbocycles. The molecule has 20 heavy (non-hydrogen) atoms. The van der Waals surface area contributed by atoms with Crippen LogP contribution in [-0.4, -0.2) is 61.5 Å². The Labute approximate surface area is 121 Å². The summed E-state index contributed by atoms with van der Waals surface area (Å²) in [7, 11) is 0.708. The molecule has 1 aromatic rings. The molecule has 114 valence electrons. The highest BCUT2D eigenvalue weighted by atomic mass is 32.2. The number of hydrogen-bond acceptors (Lipinski definition) is 4. The Balaban J connectivity index is 2.10. The van der Waals surface area contributed by atoms with E-state index in [1.54, 1.807) is 18.2 Å². The summed E-state index contributed by atoms with van der Waals surface area (Å²) >= 11 is 0. The number of aromatic nitrogens is 2. The number of aromatic amines is 1. The predicted molar refractivity (Wildman–Crippen MR) is 78.1 cm³/mol. The van der Waals surface area contributed by atoms with E-state index in [4.69, 9.17) is 0 Å². The number of H-pyrrole nitrogens is 1. The van der Waals surface area contributed by atoms with E-state index in [0.29, 0.717) is 35.3 Å². The number of nitrogens with zero attached hydrogens (tertiary/aromatic N) is 3. The summed E-state index contributed by atoms with van der Waals surface area (Å²) in [6.07, 6.45) is 1.85. The number of rotatable bonds is 4. The van der Waals surface area contributed by atoms with Crippen molar-refractivity contribution < 1.29 is 8.42 Å². The topological polar surface area (TPSA) is 69.3 Å². The van der Waals surface area contributed by atoms with E-state index in [-0.39, 0.29) is 0 Å². The van der Waals surface area contributed by atoms with Crippen molar-refractivity contribution in [3.05, 3.63) is 11.4 Å². The van der Waals surface area contributed by atoms with Gasteiger partial charge in [0.2, 0.25) is 10.0 Å². The Bertz CT molecular complexity index is 537. The van der Waals surface area contributed by atoms with Gasteiger partial charge >= 0.3 is 0 Å². The van der Waals surface area contributed by atoms with E-state index in [1.807, 2.05) is 0 Å². The maximum atomic E-state index is 12.7. The second-order valence-electron chi connectivity index (χ2n) is 5.87. The van der Waals surface area contributed by atoms with E-state index in [0.717, 1.165) is 19.4 Å². The Hall–Kier alpha value is -0.920. The fourth-order valence-electron chi connectivity index (χ4n) is 2.90. The maximum absolute atomic E-state index is 12.7. The summed E-state index contributed by atoms with van der Waals surface area (Å²) < 4.78 is 26.9. The van der Waals surface area contributed by atoms with Gasteiger partial charge in [-0.1, -0.05) is 0 Å². The first kappa shape index (κ1) is 15.5. The Morgan fingerprint density at radius 3 is 2.35 bits per heavy atom. The van der Waals surface area contributed by atoms with Gasteiger partial charge in [0.1, 0.15) is 4.90 Å². The standard InChI is InChI=1S/C13H24N4O2S/c1-10-13(11(2)15-14-10)20(18,19)17-7-5-12(6-8-17)9-16(3)4/h12H,5-9H2,1-4H3,(H,14,15). The van der Waals surface area contributed by atoms with Gasteiger partial charge in [-0.15, -0.1) is 0 Å². The molecule has 0 aliphatic carbocycles. The smallest absolute Gasteiger partial charge is 0.246 e. The lowest BCUT2D eigenvalue weighted by Crippen LogP contribution is -2.40. The molecule has 1 saturated heterocycles. The summed E-state index contributed by atoms with van der Waals surface area (Å²) in [4.78, 5) is 2.52. The van der Waals surface area contributed by atoms with E-state index in [2.05, 4.69) is 29.2 Å². The summed E-state index contributed by atoms with van der Waals surface area (Å²) in [5.41, 5.74) is 1.18. The molecule has 0 unspecified atom stereocenters. The highest BCUT2D eigenvalue weighted by molar-refractivity contribution is 7.89. The minimum atomic E-state index is -3.41. The molecular formula is C13H24N4O2S. The lowest BCUT2D eigenvalue weighted by Gasteiger charge is -2.32. The summed E-state index contributed by atoms with van der Waals surface area (Å²) in [5.74, 6) is 0.586. The molecule has 0 spiro atoms. The molecule has 0 radical (unpaired) electrons. The van der Waals surface area contributed by atoms with Crippen LogP contribution in [0, 0.1) is 19.8 Å². The zero-order valence-corrected chi connectivity index (χ0v) is 13.5. The van der Waals surface area contributed by atoms with E-state index in [9.17, 15) is 8.42 Å². The molecule has 0 atom stereocenters. The van der Waals surface area contributed by atoms with Crippen LogP contribution in [0.1, 0.15) is 24.2 Å². The molecule has 0 amide bonds. The summed E-state index contributed by atoms with van der Waals surface area (Å²) in [6, 6.07) is 0. The molecule has 1 N–H and O–H groups in total. The van der Waals surface area contributed by atoms with Crippen LogP contribution in [-0.2, 0) is 10.0 Å². The van der Waals surface area contributed by atoms with E-state index in [1.165, 1.54) is 0 Å². The van der Waals surface area contributed by atoms with Gasteiger partial charge in [-0.05, 0) is 46.7 Å². The van der Waals surface area contributed by atoms with Gasteiger partial charge < -0.3 is 4.90 Å². The van der Waals surface area contributed by atoms with Crippen molar-refractivity contribution in [1.82, 2.24) is 19.4 Å². The largest absolute Gasteiger partial charge is 0.309 e. The monoisotopic (exact) mass is 300 g/mol. The van der Waals surface area contributed by atoms with Crippen LogP contribution in [0.15, 0.2) is 4.90 Å². The molecule has 0 bridgehead atoms. The fraction of sp³-hybridized carbons (Fsp3) is 0.769. The first-order valence-corrected chi connectivity index (χ1v) is 8.43. The molecular weight excluding hydrogens is 276 g/mol. The van der Waals surface area contributed by atoms with Crippen LogP contribution in [0.4, 0.5) is 0 Å². The van der Waals surface area contributed by atoms with Crippen molar-refractivity contribution in [2.75, 3.05) is 33.7 Å². The van der Waals surface area contributed by atoms with Gasteiger partial charge in [0, 0.05) is 19.6 Å². The zero-order chi connectivity index (χ0) is 14.9. The van der Waals surface area contributed by atoms with Crippen LogP contribution >= 0.6 is 0 Å². The number of nitrogens with one attached hydrogen (secondary N) is 1. The third-order valence-corrected chi connectivity index (χ3v) is 6.02. The lowest BCUT2D eigenvalue weighted by molar-refractivity contribution is 0.225. The molecule has 0 aromatic carbocycles. The number of sulfonamides is 1. The van der Waals surface area contributed by atoms with Gasteiger partial charge in [0.15, 0.2) is 0 Å². The molecule has 2 rings (SSSR count). The third kappa shape index (κ3) is 3.05.